The summed E-state index contributed by atoms with van der Waals surface area (Å²) in [5.74, 6) is -0.537. The lowest BCUT2D eigenvalue weighted by Gasteiger charge is -2.02. The van der Waals surface area contributed by atoms with Gasteiger partial charge in [0.15, 0.2) is 0 Å². The first kappa shape index (κ1) is 12.4. The van der Waals surface area contributed by atoms with E-state index < -0.39 is 5.91 Å². The summed E-state index contributed by atoms with van der Waals surface area (Å²) >= 11 is 0. The molecule has 5 nitrogen and oxygen atoms in total. The lowest BCUT2D eigenvalue weighted by Crippen LogP contribution is -2.13. The van der Waals surface area contributed by atoms with Crippen LogP contribution in [-0.4, -0.2) is 20.8 Å². The molecule has 1 amide bonds. The highest BCUT2D eigenvalue weighted by Crippen LogP contribution is 2.29. The number of amides is 1. The second-order valence-electron chi connectivity index (χ2n) is 4.42. The smallest absolute Gasteiger partial charge is 0.250 e. The topological polar surface area (TPSA) is 81.1 Å². The Labute approximate surface area is 115 Å². The number of aromatic nitrogens is 2. The van der Waals surface area contributed by atoms with E-state index in [1.165, 1.54) is 4.68 Å². The monoisotopic (exact) mass is 267 g/mol. The molecule has 0 fully saturated rings. The van der Waals surface area contributed by atoms with Gasteiger partial charge in [-0.25, -0.2) is 4.68 Å². The fourth-order valence-corrected chi connectivity index (χ4v) is 2.35. The van der Waals surface area contributed by atoms with Gasteiger partial charge in [-0.05, 0) is 6.07 Å². The Balaban J connectivity index is 2.36. The zero-order valence-corrected chi connectivity index (χ0v) is 10.7. The van der Waals surface area contributed by atoms with Crippen LogP contribution in [-0.2, 0) is 6.73 Å². The molecule has 2 aromatic carbocycles. The molecule has 0 aliphatic rings. The summed E-state index contributed by atoms with van der Waals surface area (Å²) < 4.78 is 1.39. The maximum absolute atomic E-state index is 11.5. The van der Waals surface area contributed by atoms with E-state index in [4.69, 9.17) is 5.73 Å². The average molecular weight is 267 g/mol. The molecule has 0 bridgehead atoms. The first-order valence-electron chi connectivity index (χ1n) is 6.18. The molecule has 0 radical (unpaired) electrons. The van der Waals surface area contributed by atoms with E-state index in [0.29, 0.717) is 11.1 Å². The Morgan fingerprint density at radius 2 is 1.90 bits per heavy atom. The summed E-state index contributed by atoms with van der Waals surface area (Å²) in [7, 11) is 0. The molecule has 3 aromatic rings. The fraction of sp³-hybridized carbons (Fsp3) is 0.0667. The number of benzene rings is 2. The van der Waals surface area contributed by atoms with Crippen molar-refractivity contribution in [3.63, 3.8) is 0 Å². The van der Waals surface area contributed by atoms with Crippen LogP contribution < -0.4 is 5.73 Å². The normalized spacial score (nSPS) is 10.8. The molecule has 0 unspecified atom stereocenters. The number of nitrogens with two attached hydrogens (primary N) is 1. The van der Waals surface area contributed by atoms with Crippen molar-refractivity contribution in [3.05, 3.63) is 54.1 Å². The summed E-state index contributed by atoms with van der Waals surface area (Å²) in [6, 6.07) is 14.9. The van der Waals surface area contributed by atoms with Gasteiger partial charge < -0.3 is 10.8 Å². The minimum atomic E-state index is -0.537. The van der Waals surface area contributed by atoms with Crippen molar-refractivity contribution in [2.75, 3.05) is 0 Å². The largest absolute Gasteiger partial charge is 0.374 e. The molecule has 1 heterocycles. The van der Waals surface area contributed by atoms with Gasteiger partial charge in [-0.2, -0.15) is 5.10 Å². The van der Waals surface area contributed by atoms with E-state index in [2.05, 4.69) is 5.10 Å². The van der Waals surface area contributed by atoms with Crippen LogP contribution in [0.5, 0.6) is 0 Å². The molecular formula is C15H13N3O2. The molecule has 0 atom stereocenters. The van der Waals surface area contributed by atoms with Gasteiger partial charge in [-0.1, -0.05) is 42.5 Å². The third-order valence-corrected chi connectivity index (χ3v) is 3.22. The van der Waals surface area contributed by atoms with Crippen LogP contribution in [0.3, 0.4) is 0 Å². The van der Waals surface area contributed by atoms with Crippen molar-refractivity contribution in [2.24, 2.45) is 5.73 Å². The Kier molecular flexibility index (Phi) is 2.96. The molecule has 0 aliphatic heterocycles. The number of hydrogen-bond acceptors (Lipinski definition) is 3. The molecule has 1 aromatic heterocycles. The van der Waals surface area contributed by atoms with Gasteiger partial charge in [0.05, 0.1) is 11.1 Å². The van der Waals surface area contributed by atoms with Gasteiger partial charge in [0.25, 0.3) is 5.91 Å². The van der Waals surface area contributed by atoms with Gasteiger partial charge in [0.2, 0.25) is 0 Å². The second-order valence-corrected chi connectivity index (χ2v) is 4.42. The second kappa shape index (κ2) is 4.79. The molecule has 0 saturated carbocycles. The SMILES string of the molecule is NC(=O)c1cccc2c(-c3ccccc3)nn(CO)c12. The van der Waals surface area contributed by atoms with E-state index in [9.17, 15) is 9.90 Å². The van der Waals surface area contributed by atoms with E-state index in [-0.39, 0.29) is 6.73 Å². The first-order valence-corrected chi connectivity index (χ1v) is 6.18. The molecule has 5 heteroatoms. The van der Waals surface area contributed by atoms with Crippen LogP contribution >= 0.6 is 0 Å². The molecule has 0 aliphatic carbocycles. The average Bonchev–Trinajstić information content (AvgIpc) is 2.86. The van der Waals surface area contributed by atoms with Crippen molar-refractivity contribution in [3.8, 4) is 11.3 Å². The predicted octanol–water partition coefficient (Wildman–Crippen LogP) is 1.75. The van der Waals surface area contributed by atoms with Crippen molar-refractivity contribution in [1.29, 1.82) is 0 Å². The predicted molar refractivity (Wildman–Crippen MR) is 75.9 cm³/mol. The van der Waals surface area contributed by atoms with Crippen LogP contribution in [0.2, 0.25) is 0 Å². The number of primary amides is 1. The van der Waals surface area contributed by atoms with Crippen molar-refractivity contribution in [2.45, 2.75) is 6.73 Å². The maximum atomic E-state index is 11.5. The van der Waals surface area contributed by atoms with Crippen LogP contribution in [0.15, 0.2) is 48.5 Å². The third kappa shape index (κ3) is 1.85. The highest BCUT2D eigenvalue weighted by molar-refractivity contribution is 6.08. The quantitative estimate of drug-likeness (QED) is 0.758. The Hall–Kier alpha value is -2.66. The first-order chi connectivity index (χ1) is 9.72. The molecule has 100 valence electrons. The van der Waals surface area contributed by atoms with Gasteiger partial charge in [0, 0.05) is 10.9 Å². The standard InChI is InChI=1S/C15H13N3O2/c16-15(20)12-8-4-7-11-13(10-5-2-1-3-6-10)17-18(9-19)14(11)12/h1-8,19H,9H2,(H2,16,20). The summed E-state index contributed by atoms with van der Waals surface area (Å²) in [6.07, 6.45) is 0. The van der Waals surface area contributed by atoms with Crippen molar-refractivity contribution >= 4 is 16.8 Å². The van der Waals surface area contributed by atoms with Gasteiger partial charge >= 0.3 is 0 Å². The minimum Gasteiger partial charge on any atom is -0.374 e. The number of carbonyl (C=O) groups is 1. The number of rotatable bonds is 3. The van der Waals surface area contributed by atoms with Crippen LogP contribution in [0.4, 0.5) is 0 Å². The minimum absolute atomic E-state index is 0.312. The van der Waals surface area contributed by atoms with Gasteiger partial charge in [0.1, 0.15) is 12.4 Å². The van der Waals surface area contributed by atoms with E-state index >= 15 is 0 Å². The maximum Gasteiger partial charge on any atom is 0.250 e. The number of hydrogen-bond donors (Lipinski definition) is 2. The lowest BCUT2D eigenvalue weighted by atomic mass is 10.1. The zero-order chi connectivity index (χ0) is 14.1. The summed E-state index contributed by atoms with van der Waals surface area (Å²) in [5.41, 5.74) is 7.94. The molecule has 3 rings (SSSR count). The van der Waals surface area contributed by atoms with Crippen LogP contribution in [0, 0.1) is 0 Å². The number of para-hydroxylation sites is 1. The van der Waals surface area contributed by atoms with Gasteiger partial charge in [-0.15, -0.1) is 0 Å². The van der Waals surface area contributed by atoms with Crippen LogP contribution in [0.1, 0.15) is 10.4 Å². The molecule has 3 N–H and O–H groups in total. The summed E-state index contributed by atoms with van der Waals surface area (Å²) in [5, 5.41) is 14.6. The number of aliphatic hydroxyl groups is 1. The molecule has 20 heavy (non-hydrogen) atoms. The molecule has 0 spiro atoms. The zero-order valence-electron chi connectivity index (χ0n) is 10.7. The summed E-state index contributed by atoms with van der Waals surface area (Å²) in [4.78, 5) is 11.5. The number of carbonyl (C=O) groups excluding carboxylic acids is 1. The fourth-order valence-electron chi connectivity index (χ4n) is 2.35. The Morgan fingerprint density at radius 1 is 1.15 bits per heavy atom. The van der Waals surface area contributed by atoms with Gasteiger partial charge in [-0.3, -0.25) is 4.79 Å². The van der Waals surface area contributed by atoms with Crippen molar-refractivity contribution < 1.29 is 9.90 Å². The Bertz CT molecular complexity index is 778. The Morgan fingerprint density at radius 3 is 2.55 bits per heavy atom. The molecule has 0 saturated heterocycles. The number of aliphatic hydroxyl groups excluding tert-OH is 1. The third-order valence-electron chi connectivity index (χ3n) is 3.22. The van der Waals surface area contributed by atoms with E-state index in [1.807, 2.05) is 36.4 Å². The van der Waals surface area contributed by atoms with Crippen molar-refractivity contribution in [1.82, 2.24) is 9.78 Å². The van der Waals surface area contributed by atoms with E-state index in [0.717, 1.165) is 16.6 Å². The number of nitrogens with zero attached hydrogens (tertiary/aromatic N) is 2. The highest BCUT2D eigenvalue weighted by atomic mass is 16.3. The number of fused-ring (bicyclic) bond motifs is 1. The van der Waals surface area contributed by atoms with Crippen LogP contribution in [0.25, 0.3) is 22.2 Å². The summed E-state index contributed by atoms with van der Waals surface area (Å²) in [6.45, 7) is -0.312. The lowest BCUT2D eigenvalue weighted by molar-refractivity contribution is 0.100. The molecular weight excluding hydrogens is 254 g/mol. The van der Waals surface area contributed by atoms with E-state index in [1.54, 1.807) is 12.1 Å². The highest BCUT2D eigenvalue weighted by Gasteiger charge is 2.17.